The first-order valence-electron chi connectivity index (χ1n) is 6.54. The Hall–Kier alpha value is -0.570. The van der Waals surface area contributed by atoms with E-state index in [4.69, 9.17) is 0 Å². The first-order valence-corrected chi connectivity index (χ1v) is 6.54. The van der Waals surface area contributed by atoms with Gasteiger partial charge in [-0.25, -0.2) is 0 Å². The van der Waals surface area contributed by atoms with Gasteiger partial charge in [0.2, 0.25) is 5.91 Å². The van der Waals surface area contributed by atoms with Crippen molar-refractivity contribution in [1.29, 1.82) is 0 Å². The minimum absolute atomic E-state index is 0.0116. The molecule has 1 saturated carbocycles. The second-order valence-corrected chi connectivity index (χ2v) is 6.11. The second kappa shape index (κ2) is 4.36. The van der Waals surface area contributed by atoms with Crippen molar-refractivity contribution in [3.63, 3.8) is 0 Å². The molecular weight excluding hydrogens is 200 g/mol. The van der Waals surface area contributed by atoms with E-state index in [1.165, 1.54) is 19.3 Å². The minimum atomic E-state index is -0.0116. The quantitative estimate of drug-likeness (QED) is 0.766. The molecule has 3 heteroatoms. The van der Waals surface area contributed by atoms with Crippen LogP contribution in [0.3, 0.4) is 0 Å². The summed E-state index contributed by atoms with van der Waals surface area (Å²) in [4.78, 5) is 12.2. The van der Waals surface area contributed by atoms with Crippen LogP contribution in [-0.4, -0.2) is 24.5 Å². The van der Waals surface area contributed by atoms with Crippen LogP contribution in [0, 0.1) is 11.3 Å². The molecule has 0 aromatic rings. The van der Waals surface area contributed by atoms with Crippen LogP contribution in [0.15, 0.2) is 0 Å². The van der Waals surface area contributed by atoms with E-state index in [0.29, 0.717) is 6.04 Å². The summed E-state index contributed by atoms with van der Waals surface area (Å²) in [7, 11) is 0. The van der Waals surface area contributed by atoms with Crippen molar-refractivity contribution in [2.24, 2.45) is 11.3 Å². The summed E-state index contributed by atoms with van der Waals surface area (Å²) >= 11 is 0. The summed E-state index contributed by atoms with van der Waals surface area (Å²) in [5.41, 5.74) is 0.0889. The van der Waals surface area contributed by atoms with Crippen molar-refractivity contribution >= 4 is 5.91 Å². The predicted molar refractivity (Wildman–Crippen MR) is 65.1 cm³/mol. The Bertz CT molecular complexity index is 271. The van der Waals surface area contributed by atoms with E-state index in [0.717, 1.165) is 18.9 Å². The minimum Gasteiger partial charge on any atom is -0.352 e. The van der Waals surface area contributed by atoms with Crippen LogP contribution >= 0.6 is 0 Å². The average molecular weight is 224 g/mol. The zero-order valence-electron chi connectivity index (χ0n) is 10.7. The molecule has 1 saturated heterocycles. The average Bonchev–Trinajstić information content (AvgIpc) is 2.99. The molecule has 2 unspecified atom stereocenters. The third-order valence-corrected chi connectivity index (χ3v) is 4.09. The molecule has 1 aliphatic heterocycles. The van der Waals surface area contributed by atoms with Gasteiger partial charge in [0.05, 0.1) is 6.04 Å². The lowest BCUT2D eigenvalue weighted by atomic mass is 9.77. The topological polar surface area (TPSA) is 41.1 Å². The number of hydrogen-bond acceptors (Lipinski definition) is 2. The fourth-order valence-electron chi connectivity index (χ4n) is 2.68. The molecule has 0 aromatic heterocycles. The van der Waals surface area contributed by atoms with Gasteiger partial charge in [0.1, 0.15) is 0 Å². The Morgan fingerprint density at radius 3 is 2.69 bits per heavy atom. The maximum atomic E-state index is 12.2. The van der Waals surface area contributed by atoms with Crippen LogP contribution in [0.25, 0.3) is 0 Å². The Morgan fingerprint density at radius 1 is 1.44 bits per heavy atom. The van der Waals surface area contributed by atoms with Gasteiger partial charge in [-0.15, -0.1) is 0 Å². The van der Waals surface area contributed by atoms with Gasteiger partial charge in [-0.05, 0) is 50.5 Å². The molecule has 0 bridgehead atoms. The Morgan fingerprint density at radius 2 is 2.12 bits per heavy atom. The van der Waals surface area contributed by atoms with Crippen LogP contribution in [0.4, 0.5) is 0 Å². The highest BCUT2D eigenvalue weighted by molar-refractivity contribution is 5.83. The number of nitrogens with one attached hydrogen (secondary N) is 2. The fourth-order valence-corrected chi connectivity index (χ4v) is 2.68. The van der Waals surface area contributed by atoms with Gasteiger partial charge < -0.3 is 10.6 Å². The molecule has 16 heavy (non-hydrogen) atoms. The van der Waals surface area contributed by atoms with E-state index >= 15 is 0 Å². The summed E-state index contributed by atoms with van der Waals surface area (Å²) < 4.78 is 0. The number of carbonyl (C=O) groups excluding carboxylic acids is 1. The van der Waals surface area contributed by atoms with Crippen LogP contribution in [0.5, 0.6) is 0 Å². The molecule has 0 spiro atoms. The molecule has 1 heterocycles. The number of amides is 1. The molecule has 92 valence electrons. The number of hydrogen-bond donors (Lipinski definition) is 2. The Kier molecular flexibility index (Phi) is 3.24. The van der Waals surface area contributed by atoms with E-state index in [9.17, 15) is 4.79 Å². The van der Waals surface area contributed by atoms with Gasteiger partial charge >= 0.3 is 0 Å². The Balaban J connectivity index is 1.91. The van der Waals surface area contributed by atoms with Gasteiger partial charge in [0, 0.05) is 6.04 Å². The molecule has 1 amide bonds. The molecule has 0 radical (unpaired) electrons. The van der Waals surface area contributed by atoms with Gasteiger partial charge in [-0.2, -0.15) is 0 Å². The Labute approximate surface area is 98.4 Å². The lowest BCUT2D eigenvalue weighted by Gasteiger charge is -2.38. The summed E-state index contributed by atoms with van der Waals surface area (Å²) in [6.07, 6.45) is 4.87. The summed E-state index contributed by atoms with van der Waals surface area (Å²) in [5.74, 6) is 0.930. The van der Waals surface area contributed by atoms with Crippen LogP contribution in [-0.2, 0) is 4.79 Å². The molecule has 0 aromatic carbocycles. The van der Waals surface area contributed by atoms with E-state index in [1.54, 1.807) is 0 Å². The second-order valence-electron chi connectivity index (χ2n) is 6.11. The van der Waals surface area contributed by atoms with Crippen molar-refractivity contribution < 1.29 is 4.79 Å². The molecule has 1 aliphatic carbocycles. The van der Waals surface area contributed by atoms with Crippen molar-refractivity contribution in [3.05, 3.63) is 0 Å². The fraction of sp³-hybridized carbons (Fsp3) is 0.923. The highest BCUT2D eigenvalue weighted by Gasteiger charge is 2.38. The third kappa shape index (κ3) is 2.57. The third-order valence-electron chi connectivity index (χ3n) is 4.09. The van der Waals surface area contributed by atoms with Crippen LogP contribution in [0.1, 0.15) is 46.5 Å². The van der Waals surface area contributed by atoms with Crippen molar-refractivity contribution in [2.45, 2.75) is 58.5 Å². The molecule has 2 atom stereocenters. The van der Waals surface area contributed by atoms with Gasteiger partial charge in [-0.3, -0.25) is 4.79 Å². The number of rotatable bonds is 3. The zero-order valence-corrected chi connectivity index (χ0v) is 10.7. The summed E-state index contributed by atoms with van der Waals surface area (Å²) in [5, 5.41) is 6.53. The van der Waals surface area contributed by atoms with E-state index in [2.05, 4.69) is 31.4 Å². The van der Waals surface area contributed by atoms with Crippen molar-refractivity contribution in [2.75, 3.05) is 6.54 Å². The SMILES string of the molecule is CC(NC(=O)C1NCCCC1(C)C)C1CC1. The molecular formula is C13H24N2O. The highest BCUT2D eigenvalue weighted by Crippen LogP contribution is 2.33. The normalized spacial score (nSPS) is 30.8. The van der Waals surface area contributed by atoms with Crippen LogP contribution < -0.4 is 10.6 Å². The zero-order chi connectivity index (χ0) is 11.8. The molecule has 2 N–H and O–H groups in total. The van der Waals surface area contributed by atoms with Gasteiger partial charge in [-0.1, -0.05) is 13.8 Å². The molecule has 2 rings (SSSR count). The maximum Gasteiger partial charge on any atom is 0.237 e. The predicted octanol–water partition coefficient (Wildman–Crippen LogP) is 1.68. The molecule has 2 aliphatic rings. The smallest absolute Gasteiger partial charge is 0.237 e. The van der Waals surface area contributed by atoms with E-state index in [1.807, 2.05) is 0 Å². The van der Waals surface area contributed by atoms with Crippen molar-refractivity contribution in [1.82, 2.24) is 10.6 Å². The van der Waals surface area contributed by atoms with E-state index in [-0.39, 0.29) is 17.4 Å². The summed E-state index contributed by atoms with van der Waals surface area (Å²) in [6, 6.07) is 0.342. The monoisotopic (exact) mass is 224 g/mol. The number of piperidine rings is 1. The molecule has 3 nitrogen and oxygen atoms in total. The van der Waals surface area contributed by atoms with E-state index < -0.39 is 0 Å². The summed E-state index contributed by atoms with van der Waals surface area (Å²) in [6.45, 7) is 7.47. The first kappa shape index (κ1) is 11.9. The highest BCUT2D eigenvalue weighted by atomic mass is 16.2. The largest absolute Gasteiger partial charge is 0.352 e. The number of carbonyl (C=O) groups is 1. The van der Waals surface area contributed by atoms with Gasteiger partial charge in [0.25, 0.3) is 0 Å². The van der Waals surface area contributed by atoms with Gasteiger partial charge in [0.15, 0.2) is 0 Å². The molecule has 2 fully saturated rings. The standard InChI is InChI=1S/C13H24N2O/c1-9(10-5-6-10)15-12(16)11-13(2,3)7-4-8-14-11/h9-11,14H,4-8H2,1-3H3,(H,15,16). The lowest BCUT2D eigenvalue weighted by molar-refractivity contribution is -0.127. The first-order chi connectivity index (χ1) is 7.50. The van der Waals surface area contributed by atoms with Crippen LogP contribution in [0.2, 0.25) is 0 Å². The maximum absolute atomic E-state index is 12.2. The van der Waals surface area contributed by atoms with Crippen molar-refractivity contribution in [3.8, 4) is 0 Å². The lowest BCUT2D eigenvalue weighted by Crippen LogP contribution is -2.57.